The smallest absolute Gasteiger partial charge is 0.478 e. The van der Waals surface area contributed by atoms with Gasteiger partial charge in [-0.25, -0.2) is 9.18 Å². The van der Waals surface area contributed by atoms with Crippen LogP contribution in [-0.4, -0.2) is 31.0 Å². The Morgan fingerprint density at radius 2 is 1.70 bits per heavy atom. The van der Waals surface area contributed by atoms with Gasteiger partial charge in [-0.2, -0.15) is 21.6 Å². The fourth-order valence-electron chi connectivity index (χ4n) is 5.16. The minimum atomic E-state index is -5.86. The van der Waals surface area contributed by atoms with Crippen LogP contribution in [-0.2, 0) is 21.3 Å². The molecule has 3 aromatic rings. The number of alkyl halides is 3. The summed E-state index contributed by atoms with van der Waals surface area (Å²) in [4.78, 5) is 12.9. The van der Waals surface area contributed by atoms with Crippen molar-refractivity contribution in [1.82, 2.24) is 0 Å². The lowest BCUT2D eigenvalue weighted by atomic mass is 9.84. The first kappa shape index (κ1) is 27.7. The van der Waals surface area contributed by atoms with Gasteiger partial charge in [0.15, 0.2) is 0 Å². The average molecular weight is 576 g/mol. The van der Waals surface area contributed by atoms with Crippen LogP contribution in [0.25, 0.3) is 6.08 Å². The minimum Gasteiger partial charge on any atom is -0.478 e. The molecule has 1 aliphatic carbocycles. The molecule has 0 bridgehead atoms. The number of benzene rings is 3. The summed E-state index contributed by atoms with van der Waals surface area (Å²) in [5.74, 6) is -1.72. The van der Waals surface area contributed by atoms with E-state index in [0.29, 0.717) is 29.0 Å². The van der Waals surface area contributed by atoms with Gasteiger partial charge in [-0.15, -0.1) is 0 Å². The van der Waals surface area contributed by atoms with Gasteiger partial charge in [-0.3, -0.25) is 0 Å². The van der Waals surface area contributed by atoms with E-state index in [9.17, 15) is 26.4 Å². The van der Waals surface area contributed by atoms with E-state index in [1.165, 1.54) is 29.8 Å². The van der Waals surface area contributed by atoms with Crippen molar-refractivity contribution in [2.24, 2.45) is 0 Å². The molecular weight excluding hydrogens is 550 g/mol. The quantitative estimate of drug-likeness (QED) is 0.149. The predicted molar refractivity (Wildman–Crippen MR) is 141 cm³/mol. The number of anilines is 1. The summed E-state index contributed by atoms with van der Waals surface area (Å²) in [6, 6.07) is 15.2. The molecule has 11 heteroatoms. The average Bonchev–Trinajstić information content (AvgIpc) is 3.72. The van der Waals surface area contributed by atoms with Crippen LogP contribution in [0.3, 0.4) is 0 Å². The third-order valence-electron chi connectivity index (χ3n) is 7.14. The van der Waals surface area contributed by atoms with Crippen molar-refractivity contribution in [2.45, 2.75) is 49.7 Å². The zero-order chi connectivity index (χ0) is 28.8. The fourth-order valence-corrected chi connectivity index (χ4v) is 5.62. The van der Waals surface area contributed by atoms with Crippen molar-refractivity contribution in [3.05, 3.63) is 100 Å². The van der Waals surface area contributed by atoms with Gasteiger partial charge >= 0.3 is 21.6 Å². The Morgan fingerprint density at radius 3 is 2.30 bits per heavy atom. The Hall–Kier alpha value is -3.86. The van der Waals surface area contributed by atoms with E-state index in [4.69, 9.17) is 5.11 Å². The first-order chi connectivity index (χ1) is 18.8. The molecule has 0 amide bonds. The highest BCUT2D eigenvalue weighted by Gasteiger charge is 2.48. The Balaban J connectivity index is 1.59. The summed E-state index contributed by atoms with van der Waals surface area (Å²) in [5, 5.41) is 8.90. The van der Waals surface area contributed by atoms with Crippen LogP contribution in [0.4, 0.5) is 23.2 Å². The van der Waals surface area contributed by atoms with Crippen molar-refractivity contribution in [2.75, 3.05) is 4.90 Å². The molecule has 0 radical (unpaired) electrons. The normalized spacial score (nSPS) is 19.5. The Kier molecular flexibility index (Phi) is 7.11. The molecule has 1 heterocycles. The summed E-state index contributed by atoms with van der Waals surface area (Å²) in [5.41, 5.74) is -1.83. The van der Waals surface area contributed by atoms with Crippen molar-refractivity contribution < 1.29 is 40.1 Å². The summed E-state index contributed by atoms with van der Waals surface area (Å²) in [6.45, 7) is 1.90. The van der Waals surface area contributed by atoms with E-state index < -0.39 is 39.2 Å². The number of fused-ring (bicyclic) bond motifs is 1. The standard InChI is InChI=1S/C29H25F4NO5S/c1-17-14-21-16-23(39-40(37,38)29(31,32)33)10-12-24(21)28(25-11-2-18(15-26(25)30)3-13-27(35)36)34(17)22-8-6-20(7-9-22)19-4-5-19/h2-3,6-13,15-17,19,28H,4-5,14H2,1H3,(H,35,36)/t17-,28+/m0/s1. The second-order valence-corrected chi connectivity index (χ2v) is 11.6. The molecule has 0 unspecified atom stereocenters. The van der Waals surface area contributed by atoms with Gasteiger partial charge < -0.3 is 14.2 Å². The van der Waals surface area contributed by atoms with E-state index in [1.54, 1.807) is 12.1 Å². The third-order valence-corrected chi connectivity index (χ3v) is 8.12. The highest BCUT2D eigenvalue weighted by molar-refractivity contribution is 7.88. The molecule has 0 saturated heterocycles. The molecule has 6 nitrogen and oxygen atoms in total. The monoisotopic (exact) mass is 575 g/mol. The molecule has 3 aromatic carbocycles. The van der Waals surface area contributed by atoms with Crippen LogP contribution in [0.15, 0.2) is 66.7 Å². The fraction of sp³-hybridized carbons (Fsp3) is 0.276. The van der Waals surface area contributed by atoms with Crippen molar-refractivity contribution in [1.29, 1.82) is 0 Å². The lowest BCUT2D eigenvalue weighted by Crippen LogP contribution is -2.43. The van der Waals surface area contributed by atoms with Crippen molar-refractivity contribution >= 4 is 27.9 Å². The molecular formula is C29H25F4NO5S. The second kappa shape index (κ2) is 10.3. The number of carboxylic acid groups (broad SMARTS) is 1. The number of nitrogens with zero attached hydrogens (tertiary/aromatic N) is 1. The summed E-state index contributed by atoms with van der Waals surface area (Å²) in [6.07, 6.45) is 4.78. The largest absolute Gasteiger partial charge is 0.534 e. The third kappa shape index (κ3) is 5.56. The van der Waals surface area contributed by atoms with E-state index in [1.807, 2.05) is 36.1 Å². The Morgan fingerprint density at radius 1 is 1.02 bits per heavy atom. The van der Waals surface area contributed by atoms with Crippen LogP contribution in [0.5, 0.6) is 5.75 Å². The SMILES string of the molecule is C[C@H]1Cc2cc(OS(=O)(=O)C(F)(F)F)ccc2[C@H](c2ccc(C=CC(=O)O)cc2F)N1c1ccc(C2CC2)cc1. The first-order valence-corrected chi connectivity index (χ1v) is 14.0. The lowest BCUT2D eigenvalue weighted by Gasteiger charge is -2.44. The van der Waals surface area contributed by atoms with Crippen LogP contribution in [0, 0.1) is 5.82 Å². The number of carboxylic acids is 1. The van der Waals surface area contributed by atoms with Gasteiger partial charge in [0.2, 0.25) is 0 Å². The number of rotatable bonds is 7. The van der Waals surface area contributed by atoms with Crippen LogP contribution in [0.2, 0.25) is 0 Å². The molecule has 2 aliphatic rings. The molecule has 0 spiro atoms. The molecule has 1 saturated carbocycles. The van der Waals surface area contributed by atoms with Gasteiger partial charge in [0, 0.05) is 23.4 Å². The minimum absolute atomic E-state index is 0.260. The maximum absolute atomic E-state index is 15.6. The first-order valence-electron chi connectivity index (χ1n) is 12.6. The maximum Gasteiger partial charge on any atom is 0.534 e. The van der Waals surface area contributed by atoms with E-state index in [2.05, 4.69) is 4.18 Å². The topological polar surface area (TPSA) is 83.9 Å². The molecule has 0 aromatic heterocycles. The van der Waals surface area contributed by atoms with Gasteiger partial charge in [0.25, 0.3) is 0 Å². The second-order valence-electron chi connectivity index (χ2n) is 10.0. The number of carbonyl (C=O) groups is 1. The summed E-state index contributed by atoms with van der Waals surface area (Å²) in [7, 11) is -5.86. The predicted octanol–water partition coefficient (Wildman–Crippen LogP) is 6.57. The maximum atomic E-state index is 15.6. The summed E-state index contributed by atoms with van der Waals surface area (Å²) < 4.78 is 81.9. The highest BCUT2D eigenvalue weighted by atomic mass is 32.2. The number of aliphatic carboxylic acids is 1. The van der Waals surface area contributed by atoms with Gasteiger partial charge in [-0.1, -0.05) is 30.3 Å². The number of hydrogen-bond donors (Lipinski definition) is 1. The molecule has 5 rings (SSSR count). The Bertz CT molecular complexity index is 1580. The van der Waals surface area contributed by atoms with Gasteiger partial charge in [-0.05, 0) is 90.8 Å². The lowest BCUT2D eigenvalue weighted by molar-refractivity contribution is -0.131. The number of halogens is 4. The number of hydrogen-bond acceptors (Lipinski definition) is 5. The van der Waals surface area contributed by atoms with Crippen molar-refractivity contribution in [3.63, 3.8) is 0 Å². The van der Waals surface area contributed by atoms with E-state index in [0.717, 1.165) is 30.7 Å². The molecule has 1 N–H and O–H groups in total. The van der Waals surface area contributed by atoms with Crippen molar-refractivity contribution in [3.8, 4) is 5.75 Å². The molecule has 1 fully saturated rings. The Labute approximate surface area is 228 Å². The van der Waals surface area contributed by atoms with Crippen LogP contribution in [0.1, 0.15) is 59.5 Å². The van der Waals surface area contributed by atoms with E-state index >= 15 is 4.39 Å². The molecule has 210 valence electrons. The molecule has 40 heavy (non-hydrogen) atoms. The highest BCUT2D eigenvalue weighted by Crippen LogP contribution is 2.45. The molecule has 2 atom stereocenters. The van der Waals surface area contributed by atoms with Gasteiger partial charge in [0.05, 0.1) is 6.04 Å². The van der Waals surface area contributed by atoms with Crippen LogP contribution < -0.4 is 9.08 Å². The molecule has 1 aliphatic heterocycles. The van der Waals surface area contributed by atoms with E-state index in [-0.39, 0.29) is 11.6 Å². The van der Waals surface area contributed by atoms with Crippen LogP contribution >= 0.6 is 0 Å². The van der Waals surface area contributed by atoms with Gasteiger partial charge in [0.1, 0.15) is 11.6 Å². The summed E-state index contributed by atoms with van der Waals surface area (Å²) >= 11 is 0. The zero-order valence-corrected chi connectivity index (χ0v) is 22.0. The zero-order valence-electron chi connectivity index (χ0n) is 21.2.